The maximum Gasteiger partial charge on any atom is 0.158 e. The number of Topliss-reactive ketones (excluding diaryl/α,β-unsaturated/α-hetero) is 1. The number of ketones is 1. The normalized spacial score (nSPS) is 46.1. The molecule has 2 fully saturated rings. The standard InChI is InChI=1S/C7H10O3/c8-6-2-1-4-5(6)3-10-7(4)9/h4-5,7,9H,1-3H2/t4-,5-,7?/m0/s1. The van der Waals surface area contributed by atoms with E-state index in [1.165, 1.54) is 0 Å². The van der Waals surface area contributed by atoms with Crippen LogP contribution in [0.2, 0.25) is 0 Å². The Hall–Kier alpha value is -0.410. The van der Waals surface area contributed by atoms with Crippen molar-refractivity contribution in [3.8, 4) is 0 Å². The summed E-state index contributed by atoms with van der Waals surface area (Å²) in [6.07, 6.45) is 0.775. The first-order chi connectivity index (χ1) is 4.79. The summed E-state index contributed by atoms with van der Waals surface area (Å²) in [5, 5.41) is 9.14. The lowest BCUT2D eigenvalue weighted by Gasteiger charge is -2.07. The zero-order chi connectivity index (χ0) is 7.14. The molecule has 0 bridgehead atoms. The minimum atomic E-state index is -0.670. The van der Waals surface area contributed by atoms with Gasteiger partial charge in [0.05, 0.1) is 6.61 Å². The zero-order valence-electron chi connectivity index (χ0n) is 5.62. The number of ether oxygens (including phenoxy) is 1. The van der Waals surface area contributed by atoms with Crippen molar-refractivity contribution >= 4 is 5.78 Å². The van der Waals surface area contributed by atoms with Crippen LogP contribution in [-0.2, 0) is 9.53 Å². The van der Waals surface area contributed by atoms with E-state index in [1.54, 1.807) is 0 Å². The van der Waals surface area contributed by atoms with E-state index in [2.05, 4.69) is 0 Å². The van der Waals surface area contributed by atoms with Crippen LogP contribution >= 0.6 is 0 Å². The fourth-order valence-corrected chi connectivity index (χ4v) is 1.82. The summed E-state index contributed by atoms with van der Waals surface area (Å²) >= 11 is 0. The summed E-state index contributed by atoms with van der Waals surface area (Å²) in [5.74, 6) is 0.379. The van der Waals surface area contributed by atoms with Crippen molar-refractivity contribution in [2.75, 3.05) is 6.61 Å². The van der Waals surface area contributed by atoms with E-state index in [-0.39, 0.29) is 17.6 Å². The van der Waals surface area contributed by atoms with Gasteiger partial charge in [0, 0.05) is 18.3 Å². The number of hydrogen-bond acceptors (Lipinski definition) is 3. The van der Waals surface area contributed by atoms with Crippen LogP contribution in [0, 0.1) is 11.8 Å². The maximum absolute atomic E-state index is 11.0. The van der Waals surface area contributed by atoms with E-state index in [4.69, 9.17) is 9.84 Å². The highest BCUT2D eigenvalue weighted by molar-refractivity contribution is 5.83. The first-order valence-corrected chi connectivity index (χ1v) is 3.61. The van der Waals surface area contributed by atoms with Crippen LogP contribution in [0.1, 0.15) is 12.8 Å². The number of carbonyl (C=O) groups is 1. The minimum absolute atomic E-state index is 0.00926. The van der Waals surface area contributed by atoms with Crippen LogP contribution in [-0.4, -0.2) is 23.8 Å². The molecule has 1 N–H and O–H groups in total. The molecule has 0 aromatic carbocycles. The van der Waals surface area contributed by atoms with E-state index >= 15 is 0 Å². The van der Waals surface area contributed by atoms with Crippen molar-refractivity contribution in [2.45, 2.75) is 19.1 Å². The number of hydrogen-bond donors (Lipinski definition) is 1. The smallest absolute Gasteiger partial charge is 0.158 e. The van der Waals surface area contributed by atoms with Gasteiger partial charge in [0.15, 0.2) is 6.29 Å². The molecule has 0 aromatic heterocycles. The average molecular weight is 142 g/mol. The van der Waals surface area contributed by atoms with Crippen molar-refractivity contribution in [1.82, 2.24) is 0 Å². The molecule has 1 aliphatic carbocycles. The third-order valence-electron chi connectivity index (χ3n) is 2.47. The summed E-state index contributed by atoms with van der Waals surface area (Å²) in [6, 6.07) is 0. The van der Waals surface area contributed by atoms with Gasteiger partial charge in [-0.3, -0.25) is 4.79 Å². The minimum Gasteiger partial charge on any atom is -0.368 e. The van der Waals surface area contributed by atoms with Gasteiger partial charge in [-0.05, 0) is 6.42 Å². The number of carbonyl (C=O) groups excluding carboxylic acids is 1. The summed E-state index contributed by atoms with van der Waals surface area (Å²) in [4.78, 5) is 11.0. The monoisotopic (exact) mass is 142 g/mol. The molecule has 1 aliphatic heterocycles. The topological polar surface area (TPSA) is 46.5 Å². The highest BCUT2D eigenvalue weighted by atomic mass is 16.6. The molecule has 56 valence electrons. The lowest BCUT2D eigenvalue weighted by Crippen LogP contribution is -2.16. The first-order valence-electron chi connectivity index (χ1n) is 3.61. The summed E-state index contributed by atoms with van der Waals surface area (Å²) in [6.45, 7) is 0.435. The molecule has 2 rings (SSSR count). The van der Waals surface area contributed by atoms with Crippen molar-refractivity contribution in [3.63, 3.8) is 0 Å². The Morgan fingerprint density at radius 2 is 2.40 bits per heavy atom. The Kier molecular flexibility index (Phi) is 1.28. The van der Waals surface area contributed by atoms with Crippen molar-refractivity contribution < 1.29 is 14.6 Å². The van der Waals surface area contributed by atoms with Gasteiger partial charge in [-0.1, -0.05) is 0 Å². The molecule has 3 heteroatoms. The van der Waals surface area contributed by atoms with E-state index in [0.717, 1.165) is 6.42 Å². The molecule has 0 radical (unpaired) electrons. The molecule has 1 saturated carbocycles. The molecule has 1 saturated heterocycles. The molecule has 0 amide bonds. The molecule has 3 nitrogen and oxygen atoms in total. The average Bonchev–Trinajstić information content (AvgIpc) is 2.41. The number of aliphatic hydroxyl groups excluding tert-OH is 1. The number of aliphatic hydroxyl groups is 1. The molecular weight excluding hydrogens is 132 g/mol. The van der Waals surface area contributed by atoms with Crippen LogP contribution in [0.4, 0.5) is 0 Å². The SMILES string of the molecule is O=C1CC[C@@H]2C(O)OC[C@H]12. The van der Waals surface area contributed by atoms with Gasteiger partial charge >= 0.3 is 0 Å². The Balaban J connectivity index is 2.16. The highest BCUT2D eigenvalue weighted by Crippen LogP contribution is 2.36. The molecule has 3 atom stereocenters. The quantitative estimate of drug-likeness (QED) is 0.515. The Labute approximate surface area is 59.0 Å². The van der Waals surface area contributed by atoms with E-state index in [1.807, 2.05) is 0 Å². The lowest BCUT2D eigenvalue weighted by molar-refractivity contribution is -0.121. The predicted molar refractivity (Wildman–Crippen MR) is 33.2 cm³/mol. The van der Waals surface area contributed by atoms with Gasteiger partial charge in [0.2, 0.25) is 0 Å². The summed E-state index contributed by atoms with van der Waals surface area (Å²) < 4.78 is 4.92. The molecule has 2 aliphatic rings. The van der Waals surface area contributed by atoms with Gasteiger partial charge in [0.1, 0.15) is 5.78 Å². The van der Waals surface area contributed by atoms with Crippen LogP contribution < -0.4 is 0 Å². The first kappa shape index (κ1) is 6.31. The van der Waals surface area contributed by atoms with Gasteiger partial charge in [0.25, 0.3) is 0 Å². The zero-order valence-corrected chi connectivity index (χ0v) is 5.62. The molecule has 1 unspecified atom stereocenters. The molecule has 1 heterocycles. The molecule has 0 aromatic rings. The van der Waals surface area contributed by atoms with Crippen LogP contribution in [0.5, 0.6) is 0 Å². The Morgan fingerprint density at radius 1 is 1.60 bits per heavy atom. The maximum atomic E-state index is 11.0. The Bertz CT molecular complexity index is 166. The van der Waals surface area contributed by atoms with Crippen molar-refractivity contribution in [2.24, 2.45) is 11.8 Å². The third-order valence-corrected chi connectivity index (χ3v) is 2.47. The summed E-state index contributed by atoms with van der Waals surface area (Å²) in [7, 11) is 0. The van der Waals surface area contributed by atoms with Gasteiger partial charge in [-0.2, -0.15) is 0 Å². The van der Waals surface area contributed by atoms with Crippen LogP contribution in [0.25, 0.3) is 0 Å². The second kappa shape index (κ2) is 2.04. The largest absolute Gasteiger partial charge is 0.368 e. The van der Waals surface area contributed by atoms with Gasteiger partial charge < -0.3 is 9.84 Å². The molecule has 10 heavy (non-hydrogen) atoms. The lowest BCUT2D eigenvalue weighted by atomic mass is 9.99. The van der Waals surface area contributed by atoms with Crippen molar-refractivity contribution in [3.05, 3.63) is 0 Å². The van der Waals surface area contributed by atoms with Crippen LogP contribution in [0.15, 0.2) is 0 Å². The Morgan fingerprint density at radius 3 is 3.10 bits per heavy atom. The van der Waals surface area contributed by atoms with Crippen molar-refractivity contribution in [1.29, 1.82) is 0 Å². The summed E-state index contributed by atoms with van der Waals surface area (Å²) in [5.41, 5.74) is 0. The van der Waals surface area contributed by atoms with Gasteiger partial charge in [-0.25, -0.2) is 0 Å². The second-order valence-electron chi connectivity index (χ2n) is 3.00. The third kappa shape index (κ3) is 0.707. The molecule has 0 spiro atoms. The van der Waals surface area contributed by atoms with E-state index < -0.39 is 6.29 Å². The van der Waals surface area contributed by atoms with E-state index in [9.17, 15) is 4.79 Å². The second-order valence-corrected chi connectivity index (χ2v) is 3.00. The fourth-order valence-electron chi connectivity index (χ4n) is 1.82. The number of fused-ring (bicyclic) bond motifs is 1. The highest BCUT2D eigenvalue weighted by Gasteiger charge is 2.44. The fraction of sp³-hybridized carbons (Fsp3) is 0.857. The predicted octanol–water partition coefficient (Wildman–Crippen LogP) is -0.0697. The van der Waals surface area contributed by atoms with E-state index in [0.29, 0.717) is 13.0 Å². The molecular formula is C7H10O3. The number of rotatable bonds is 0. The van der Waals surface area contributed by atoms with Gasteiger partial charge in [-0.15, -0.1) is 0 Å². The van der Waals surface area contributed by atoms with Crippen LogP contribution in [0.3, 0.4) is 0 Å².